The summed E-state index contributed by atoms with van der Waals surface area (Å²) in [7, 11) is 2.15. The number of nitrogens with one attached hydrogen (secondary N) is 1. The van der Waals surface area contributed by atoms with Gasteiger partial charge in [-0.3, -0.25) is 4.79 Å². The number of carbonyl (C=O) groups is 1. The van der Waals surface area contributed by atoms with Crippen LogP contribution >= 0.6 is 0 Å². The Hall–Kier alpha value is -0.610. The summed E-state index contributed by atoms with van der Waals surface area (Å²) in [5.74, 6) is 0.754. The molecule has 14 heavy (non-hydrogen) atoms. The number of piperidine rings is 2. The van der Waals surface area contributed by atoms with E-state index >= 15 is 0 Å². The molecular formula is C10H19N3O. The van der Waals surface area contributed by atoms with E-state index in [0.29, 0.717) is 12.1 Å². The zero-order valence-corrected chi connectivity index (χ0v) is 8.70. The third-order valence-corrected chi connectivity index (χ3v) is 3.57. The predicted octanol–water partition coefficient (Wildman–Crippen LogP) is -0.456. The Kier molecular flexibility index (Phi) is 2.74. The van der Waals surface area contributed by atoms with Crippen molar-refractivity contribution < 1.29 is 4.79 Å². The lowest BCUT2D eigenvalue weighted by molar-refractivity contribution is -0.122. The van der Waals surface area contributed by atoms with Crippen molar-refractivity contribution in [3.05, 3.63) is 0 Å². The highest BCUT2D eigenvalue weighted by atomic mass is 16.1. The summed E-state index contributed by atoms with van der Waals surface area (Å²) in [6.07, 6.45) is 3.68. The first-order chi connectivity index (χ1) is 6.70. The molecule has 80 valence electrons. The molecule has 0 aromatic rings. The summed E-state index contributed by atoms with van der Waals surface area (Å²) >= 11 is 0. The summed E-state index contributed by atoms with van der Waals surface area (Å²) in [6, 6.07) is 0.874. The molecule has 3 fully saturated rings. The molecule has 1 saturated carbocycles. The summed E-state index contributed by atoms with van der Waals surface area (Å²) in [5.41, 5.74) is 5.30. The van der Waals surface area contributed by atoms with Gasteiger partial charge < -0.3 is 16.0 Å². The average molecular weight is 197 g/mol. The largest absolute Gasteiger partial charge is 0.351 e. The van der Waals surface area contributed by atoms with Gasteiger partial charge in [0, 0.05) is 18.6 Å². The highest BCUT2D eigenvalue weighted by Crippen LogP contribution is 2.33. The molecule has 2 saturated heterocycles. The maximum Gasteiger partial charge on any atom is 0.234 e. The number of rotatable bonds is 2. The van der Waals surface area contributed by atoms with E-state index in [9.17, 15) is 4.79 Å². The van der Waals surface area contributed by atoms with Gasteiger partial charge in [-0.1, -0.05) is 0 Å². The van der Waals surface area contributed by atoms with Crippen LogP contribution in [0, 0.1) is 5.92 Å². The second-order valence-electron chi connectivity index (χ2n) is 4.56. The number of hydrogen-bond acceptors (Lipinski definition) is 3. The molecule has 3 unspecified atom stereocenters. The van der Waals surface area contributed by atoms with E-state index in [-0.39, 0.29) is 12.5 Å². The van der Waals surface area contributed by atoms with Crippen molar-refractivity contribution in [3.8, 4) is 0 Å². The minimum absolute atomic E-state index is 0.0176. The number of nitrogens with zero attached hydrogens (tertiary/aromatic N) is 1. The van der Waals surface area contributed by atoms with Crippen LogP contribution in [0.5, 0.6) is 0 Å². The fourth-order valence-corrected chi connectivity index (χ4v) is 2.90. The van der Waals surface area contributed by atoms with Crippen LogP contribution in [0.1, 0.15) is 19.3 Å². The van der Waals surface area contributed by atoms with Gasteiger partial charge in [-0.15, -0.1) is 0 Å². The average Bonchev–Trinajstić information content (AvgIpc) is 2.18. The molecule has 4 nitrogen and oxygen atoms in total. The fourth-order valence-electron chi connectivity index (χ4n) is 2.90. The molecule has 4 heteroatoms. The molecular weight excluding hydrogens is 178 g/mol. The van der Waals surface area contributed by atoms with E-state index in [1.54, 1.807) is 0 Å². The molecule has 2 aliphatic heterocycles. The molecule has 0 radical (unpaired) electrons. The van der Waals surface area contributed by atoms with Crippen LogP contribution in [0.2, 0.25) is 0 Å². The number of likely N-dealkylation sites (N-methyl/N-ethyl adjacent to an activating group) is 1. The standard InChI is InChI=1S/C10H19N3O/c1-13-6-7-2-3-9(13)8(4-7)12-10(14)5-11/h7-9H,2-6,11H2,1H3,(H,12,14). The highest BCUT2D eigenvalue weighted by molar-refractivity contribution is 5.78. The van der Waals surface area contributed by atoms with Gasteiger partial charge in [0.05, 0.1) is 6.54 Å². The topological polar surface area (TPSA) is 58.4 Å². The number of nitrogens with two attached hydrogens (primary N) is 1. The van der Waals surface area contributed by atoms with Gasteiger partial charge in [-0.25, -0.2) is 0 Å². The minimum atomic E-state index is -0.0176. The highest BCUT2D eigenvalue weighted by Gasteiger charge is 2.39. The Morgan fingerprint density at radius 3 is 2.93 bits per heavy atom. The van der Waals surface area contributed by atoms with Crippen molar-refractivity contribution in [2.75, 3.05) is 20.1 Å². The number of amides is 1. The summed E-state index contributed by atoms with van der Waals surface area (Å²) < 4.78 is 0. The van der Waals surface area contributed by atoms with Gasteiger partial charge in [-0.2, -0.15) is 0 Å². The van der Waals surface area contributed by atoms with Crippen LogP contribution < -0.4 is 11.1 Å². The lowest BCUT2D eigenvalue weighted by Gasteiger charge is -2.48. The Morgan fingerprint density at radius 1 is 1.57 bits per heavy atom. The van der Waals surface area contributed by atoms with Crippen molar-refractivity contribution in [3.63, 3.8) is 0 Å². The smallest absolute Gasteiger partial charge is 0.234 e. The molecule has 1 aliphatic carbocycles. The van der Waals surface area contributed by atoms with Crippen LogP contribution in [-0.2, 0) is 4.79 Å². The van der Waals surface area contributed by atoms with Crippen molar-refractivity contribution in [2.24, 2.45) is 11.7 Å². The number of hydrogen-bond donors (Lipinski definition) is 2. The van der Waals surface area contributed by atoms with Crippen LogP contribution in [0.15, 0.2) is 0 Å². The van der Waals surface area contributed by atoms with E-state index in [1.807, 2.05) is 0 Å². The molecule has 0 aromatic heterocycles. The summed E-state index contributed by atoms with van der Waals surface area (Å²) in [5, 5.41) is 3.02. The third kappa shape index (κ3) is 1.77. The SMILES string of the molecule is CN1CC2CCC1C(NC(=O)CN)C2. The molecule has 0 spiro atoms. The summed E-state index contributed by atoms with van der Waals surface area (Å²) in [6.45, 7) is 1.30. The summed E-state index contributed by atoms with van der Waals surface area (Å²) in [4.78, 5) is 13.6. The zero-order chi connectivity index (χ0) is 10.1. The maximum atomic E-state index is 11.2. The van der Waals surface area contributed by atoms with Gasteiger partial charge in [-0.05, 0) is 32.2 Å². The number of carbonyl (C=O) groups excluding carboxylic acids is 1. The van der Waals surface area contributed by atoms with E-state index < -0.39 is 0 Å². The van der Waals surface area contributed by atoms with Gasteiger partial charge in [0.1, 0.15) is 0 Å². The molecule has 2 bridgehead atoms. The predicted molar refractivity (Wildman–Crippen MR) is 54.7 cm³/mol. The van der Waals surface area contributed by atoms with Crippen LogP contribution in [0.25, 0.3) is 0 Å². The molecule has 0 aromatic carbocycles. The molecule has 2 heterocycles. The van der Waals surface area contributed by atoms with Gasteiger partial charge >= 0.3 is 0 Å². The Balaban J connectivity index is 1.96. The molecule has 1 amide bonds. The molecule has 3 rings (SSSR count). The minimum Gasteiger partial charge on any atom is -0.351 e. The van der Waals surface area contributed by atoms with Gasteiger partial charge in [0.25, 0.3) is 0 Å². The Bertz CT molecular complexity index is 231. The Morgan fingerprint density at radius 2 is 2.36 bits per heavy atom. The van der Waals surface area contributed by atoms with Crippen LogP contribution in [0.4, 0.5) is 0 Å². The zero-order valence-electron chi connectivity index (χ0n) is 8.70. The third-order valence-electron chi connectivity index (χ3n) is 3.57. The first kappa shape index (κ1) is 9.93. The van der Waals surface area contributed by atoms with E-state index in [2.05, 4.69) is 17.3 Å². The van der Waals surface area contributed by atoms with Crippen LogP contribution in [0.3, 0.4) is 0 Å². The van der Waals surface area contributed by atoms with Gasteiger partial charge in [0.2, 0.25) is 5.91 Å². The Labute approximate surface area is 84.8 Å². The van der Waals surface area contributed by atoms with Crippen molar-refractivity contribution in [1.82, 2.24) is 10.2 Å². The maximum absolute atomic E-state index is 11.2. The molecule has 3 aliphatic rings. The molecule has 3 atom stereocenters. The lowest BCUT2D eigenvalue weighted by atomic mass is 9.77. The van der Waals surface area contributed by atoms with Crippen molar-refractivity contribution >= 4 is 5.91 Å². The van der Waals surface area contributed by atoms with Crippen molar-refractivity contribution in [1.29, 1.82) is 0 Å². The van der Waals surface area contributed by atoms with E-state index in [0.717, 1.165) is 12.3 Å². The van der Waals surface area contributed by atoms with Crippen LogP contribution in [-0.4, -0.2) is 43.0 Å². The second-order valence-corrected chi connectivity index (χ2v) is 4.56. The van der Waals surface area contributed by atoms with E-state index in [1.165, 1.54) is 19.4 Å². The van der Waals surface area contributed by atoms with E-state index in [4.69, 9.17) is 5.73 Å². The fraction of sp³-hybridized carbons (Fsp3) is 0.900. The number of fused-ring (bicyclic) bond motifs is 3. The monoisotopic (exact) mass is 197 g/mol. The molecule has 3 N–H and O–H groups in total. The first-order valence-corrected chi connectivity index (χ1v) is 5.40. The van der Waals surface area contributed by atoms with Crippen molar-refractivity contribution in [2.45, 2.75) is 31.3 Å². The first-order valence-electron chi connectivity index (χ1n) is 5.40. The normalized spacial score (nSPS) is 37.1. The van der Waals surface area contributed by atoms with Gasteiger partial charge in [0.15, 0.2) is 0 Å². The quantitative estimate of drug-likeness (QED) is 0.630. The second kappa shape index (κ2) is 3.87. The lowest BCUT2D eigenvalue weighted by Crippen LogP contribution is -2.60.